The van der Waals surface area contributed by atoms with E-state index in [1.54, 1.807) is 12.1 Å². The third-order valence-electron chi connectivity index (χ3n) is 3.22. The zero-order valence-corrected chi connectivity index (χ0v) is 13.1. The number of amides is 1. The van der Waals surface area contributed by atoms with Crippen molar-refractivity contribution in [1.29, 1.82) is 0 Å². The van der Waals surface area contributed by atoms with Gasteiger partial charge in [-0.15, -0.1) is 0 Å². The molecule has 3 aromatic rings. The average molecular weight is 344 g/mol. The lowest BCUT2D eigenvalue weighted by molar-refractivity contribution is 0.0951. The lowest BCUT2D eigenvalue weighted by Gasteiger charge is -2.05. The number of aromatic nitrogens is 2. The van der Waals surface area contributed by atoms with Gasteiger partial charge in [0, 0.05) is 16.6 Å². The van der Waals surface area contributed by atoms with Crippen molar-refractivity contribution in [3.8, 4) is 0 Å². The number of hydrogen-bond acceptors (Lipinski definition) is 2. The van der Waals surface area contributed by atoms with E-state index in [0.29, 0.717) is 12.1 Å². The molecule has 5 heteroatoms. The van der Waals surface area contributed by atoms with Crippen molar-refractivity contribution in [3.05, 3.63) is 63.9 Å². The first-order chi connectivity index (χ1) is 10.1. The number of fused-ring (bicyclic) bond motifs is 1. The molecule has 0 aliphatic rings. The van der Waals surface area contributed by atoms with Crippen LogP contribution in [0.2, 0.25) is 0 Å². The fourth-order valence-electron chi connectivity index (χ4n) is 2.18. The first-order valence-corrected chi connectivity index (χ1v) is 7.40. The Morgan fingerprint density at radius 3 is 2.76 bits per heavy atom. The van der Waals surface area contributed by atoms with Crippen LogP contribution < -0.4 is 5.32 Å². The summed E-state index contributed by atoms with van der Waals surface area (Å²) in [7, 11) is 0. The molecule has 0 unspecified atom stereocenters. The van der Waals surface area contributed by atoms with Crippen LogP contribution in [0.3, 0.4) is 0 Å². The van der Waals surface area contributed by atoms with Gasteiger partial charge in [-0.05, 0) is 48.9 Å². The number of aryl methyl sites for hydroxylation is 1. The second kappa shape index (κ2) is 5.69. The van der Waals surface area contributed by atoms with Crippen LogP contribution in [0.25, 0.3) is 11.0 Å². The highest BCUT2D eigenvalue weighted by Gasteiger charge is 2.06. The van der Waals surface area contributed by atoms with E-state index in [0.717, 1.165) is 26.9 Å². The average Bonchev–Trinajstić information content (AvgIpc) is 2.84. The number of aromatic amines is 1. The van der Waals surface area contributed by atoms with Crippen molar-refractivity contribution in [2.45, 2.75) is 13.5 Å². The van der Waals surface area contributed by atoms with Crippen LogP contribution >= 0.6 is 15.9 Å². The minimum Gasteiger partial charge on any atom is -0.348 e. The van der Waals surface area contributed by atoms with Gasteiger partial charge in [0.15, 0.2) is 0 Å². The zero-order valence-electron chi connectivity index (χ0n) is 11.5. The maximum absolute atomic E-state index is 12.1. The largest absolute Gasteiger partial charge is 0.348 e. The molecule has 0 fully saturated rings. The van der Waals surface area contributed by atoms with Crippen LogP contribution in [0, 0.1) is 6.92 Å². The lowest BCUT2D eigenvalue weighted by Crippen LogP contribution is -2.22. The quantitative estimate of drug-likeness (QED) is 0.763. The minimum absolute atomic E-state index is 0.0802. The standard InChI is InChI=1S/C16H14BrN3O/c1-10-19-14-7-2-11(8-15(14)20-10)9-18-16(21)12-3-5-13(17)6-4-12/h2-8H,9H2,1H3,(H,18,21)(H,19,20). The van der Waals surface area contributed by atoms with E-state index >= 15 is 0 Å². The Hall–Kier alpha value is -2.14. The Labute approximate surface area is 130 Å². The Morgan fingerprint density at radius 2 is 2.00 bits per heavy atom. The summed E-state index contributed by atoms with van der Waals surface area (Å²) in [6.45, 7) is 2.41. The van der Waals surface area contributed by atoms with E-state index in [4.69, 9.17) is 0 Å². The molecule has 1 aromatic heterocycles. The third-order valence-corrected chi connectivity index (χ3v) is 3.75. The van der Waals surface area contributed by atoms with Crippen molar-refractivity contribution in [3.63, 3.8) is 0 Å². The highest BCUT2D eigenvalue weighted by Crippen LogP contribution is 2.14. The van der Waals surface area contributed by atoms with Crippen LogP contribution in [0.1, 0.15) is 21.7 Å². The molecule has 21 heavy (non-hydrogen) atoms. The number of nitrogens with one attached hydrogen (secondary N) is 2. The molecule has 0 saturated carbocycles. The number of carbonyl (C=O) groups is 1. The topological polar surface area (TPSA) is 57.8 Å². The monoisotopic (exact) mass is 343 g/mol. The predicted molar refractivity (Wildman–Crippen MR) is 86.1 cm³/mol. The van der Waals surface area contributed by atoms with Crippen molar-refractivity contribution >= 4 is 32.9 Å². The number of benzene rings is 2. The van der Waals surface area contributed by atoms with Gasteiger partial charge in [0.25, 0.3) is 5.91 Å². The molecular weight excluding hydrogens is 330 g/mol. The summed E-state index contributed by atoms with van der Waals surface area (Å²) in [6.07, 6.45) is 0. The summed E-state index contributed by atoms with van der Waals surface area (Å²) in [5.74, 6) is 0.810. The molecule has 0 spiro atoms. The SMILES string of the molecule is Cc1nc2ccc(CNC(=O)c3ccc(Br)cc3)cc2[nH]1. The van der Waals surface area contributed by atoms with E-state index in [-0.39, 0.29) is 5.91 Å². The molecule has 2 N–H and O–H groups in total. The van der Waals surface area contributed by atoms with Gasteiger partial charge >= 0.3 is 0 Å². The Kier molecular flexibility index (Phi) is 3.75. The molecule has 0 radical (unpaired) electrons. The van der Waals surface area contributed by atoms with Gasteiger partial charge in [0.2, 0.25) is 0 Å². The van der Waals surface area contributed by atoms with Gasteiger partial charge in [-0.2, -0.15) is 0 Å². The Bertz CT molecular complexity index is 793. The lowest BCUT2D eigenvalue weighted by atomic mass is 10.2. The van der Waals surface area contributed by atoms with Gasteiger partial charge in [0.1, 0.15) is 5.82 Å². The number of halogens is 1. The fourth-order valence-corrected chi connectivity index (χ4v) is 2.44. The van der Waals surface area contributed by atoms with Gasteiger partial charge in [0.05, 0.1) is 11.0 Å². The molecule has 0 aliphatic carbocycles. The summed E-state index contributed by atoms with van der Waals surface area (Å²) >= 11 is 3.35. The predicted octanol–water partition coefficient (Wildman–Crippen LogP) is 3.56. The fraction of sp³-hybridized carbons (Fsp3) is 0.125. The summed E-state index contributed by atoms with van der Waals surface area (Å²) in [4.78, 5) is 19.6. The molecule has 0 bridgehead atoms. The second-order valence-corrected chi connectivity index (χ2v) is 5.78. The zero-order chi connectivity index (χ0) is 14.8. The second-order valence-electron chi connectivity index (χ2n) is 4.86. The van der Waals surface area contributed by atoms with Crippen molar-refractivity contribution in [2.24, 2.45) is 0 Å². The number of hydrogen-bond donors (Lipinski definition) is 2. The van der Waals surface area contributed by atoms with Crippen molar-refractivity contribution < 1.29 is 4.79 Å². The summed E-state index contributed by atoms with van der Waals surface area (Å²) in [6, 6.07) is 13.2. The first kappa shape index (κ1) is 13.8. The van der Waals surface area contributed by atoms with E-state index < -0.39 is 0 Å². The van der Waals surface area contributed by atoms with Crippen LogP contribution in [0.5, 0.6) is 0 Å². The molecule has 1 amide bonds. The molecule has 0 aliphatic heterocycles. The van der Waals surface area contributed by atoms with E-state index in [2.05, 4.69) is 31.2 Å². The van der Waals surface area contributed by atoms with Crippen molar-refractivity contribution in [2.75, 3.05) is 0 Å². The molecule has 106 valence electrons. The molecule has 0 atom stereocenters. The third kappa shape index (κ3) is 3.13. The number of H-pyrrole nitrogens is 1. The number of nitrogens with zero attached hydrogens (tertiary/aromatic N) is 1. The number of carbonyl (C=O) groups excluding carboxylic acids is 1. The van der Waals surface area contributed by atoms with Gasteiger partial charge in [-0.3, -0.25) is 4.79 Å². The van der Waals surface area contributed by atoms with Gasteiger partial charge in [-0.25, -0.2) is 4.98 Å². The van der Waals surface area contributed by atoms with Crippen LogP contribution in [0.15, 0.2) is 46.9 Å². The number of rotatable bonds is 3. The van der Waals surface area contributed by atoms with Gasteiger partial charge < -0.3 is 10.3 Å². The Morgan fingerprint density at radius 1 is 1.24 bits per heavy atom. The summed E-state index contributed by atoms with van der Waals surface area (Å²) in [5, 5.41) is 2.92. The molecule has 4 nitrogen and oxygen atoms in total. The van der Waals surface area contributed by atoms with Crippen LogP contribution in [-0.4, -0.2) is 15.9 Å². The molecular formula is C16H14BrN3O. The summed E-state index contributed by atoms with van der Waals surface area (Å²) < 4.78 is 0.958. The van der Waals surface area contributed by atoms with Crippen LogP contribution in [-0.2, 0) is 6.54 Å². The molecule has 2 aromatic carbocycles. The Balaban J connectivity index is 1.70. The highest BCUT2D eigenvalue weighted by molar-refractivity contribution is 9.10. The van der Waals surface area contributed by atoms with E-state index in [9.17, 15) is 4.79 Å². The molecule has 0 saturated heterocycles. The first-order valence-electron chi connectivity index (χ1n) is 6.61. The normalized spacial score (nSPS) is 10.8. The van der Waals surface area contributed by atoms with Gasteiger partial charge in [-0.1, -0.05) is 22.0 Å². The number of imidazole rings is 1. The maximum Gasteiger partial charge on any atom is 0.251 e. The molecule has 1 heterocycles. The smallest absolute Gasteiger partial charge is 0.251 e. The molecule has 3 rings (SSSR count). The van der Waals surface area contributed by atoms with Crippen LogP contribution in [0.4, 0.5) is 0 Å². The summed E-state index contributed by atoms with van der Waals surface area (Å²) in [5.41, 5.74) is 3.62. The van der Waals surface area contributed by atoms with Crippen molar-refractivity contribution in [1.82, 2.24) is 15.3 Å². The van der Waals surface area contributed by atoms with E-state index in [1.165, 1.54) is 0 Å². The maximum atomic E-state index is 12.1. The highest BCUT2D eigenvalue weighted by atomic mass is 79.9. The van der Waals surface area contributed by atoms with E-state index in [1.807, 2.05) is 37.3 Å². The minimum atomic E-state index is -0.0802.